The molecule has 0 amide bonds. The van der Waals surface area contributed by atoms with Crippen LogP contribution in [-0.4, -0.2) is 58.6 Å². The molecule has 0 atom stereocenters. The van der Waals surface area contributed by atoms with Crippen LogP contribution < -0.4 is 10.6 Å². The summed E-state index contributed by atoms with van der Waals surface area (Å²) >= 11 is 1.30. The molecule has 0 unspecified atom stereocenters. The molecule has 1 aliphatic heterocycles. The van der Waals surface area contributed by atoms with Gasteiger partial charge in [-0.2, -0.15) is 4.31 Å². The van der Waals surface area contributed by atoms with Gasteiger partial charge in [-0.15, -0.1) is 11.3 Å². The van der Waals surface area contributed by atoms with E-state index in [4.69, 9.17) is 4.74 Å². The Morgan fingerprint density at radius 3 is 2.69 bits per heavy atom. The topological polar surface area (TPSA) is 83.0 Å². The highest BCUT2D eigenvalue weighted by atomic mass is 32.2. The number of sulfonamides is 1. The van der Waals surface area contributed by atoms with Crippen LogP contribution in [0.5, 0.6) is 0 Å². The van der Waals surface area contributed by atoms with Crippen LogP contribution in [0.3, 0.4) is 0 Å². The highest BCUT2D eigenvalue weighted by molar-refractivity contribution is 7.91. The number of rotatable bonds is 8. The Balaban J connectivity index is 1.85. The van der Waals surface area contributed by atoms with E-state index in [2.05, 4.69) is 29.5 Å². The molecule has 1 aromatic rings. The van der Waals surface area contributed by atoms with Gasteiger partial charge in [-0.25, -0.2) is 8.42 Å². The summed E-state index contributed by atoms with van der Waals surface area (Å²) in [5.41, 5.74) is 0. The average molecular weight is 403 g/mol. The van der Waals surface area contributed by atoms with Gasteiger partial charge in [-0.3, -0.25) is 4.99 Å². The Morgan fingerprint density at radius 1 is 1.31 bits per heavy atom. The molecule has 9 heteroatoms. The molecule has 2 rings (SSSR count). The van der Waals surface area contributed by atoms with E-state index in [0.717, 1.165) is 23.8 Å². The molecule has 148 valence electrons. The summed E-state index contributed by atoms with van der Waals surface area (Å²) in [6.45, 7) is 7.60. The Bertz CT molecular complexity index is 680. The fourth-order valence-corrected chi connectivity index (χ4v) is 5.47. The minimum atomic E-state index is -3.41. The van der Waals surface area contributed by atoms with Crippen LogP contribution in [0, 0.1) is 5.92 Å². The normalized spacial score (nSPS) is 16.8. The molecule has 7 nitrogen and oxygen atoms in total. The van der Waals surface area contributed by atoms with Gasteiger partial charge in [0.15, 0.2) is 5.96 Å². The summed E-state index contributed by atoms with van der Waals surface area (Å²) in [6.07, 6.45) is 2.27. The highest BCUT2D eigenvalue weighted by Crippen LogP contribution is 2.25. The first kappa shape index (κ1) is 21.1. The van der Waals surface area contributed by atoms with Gasteiger partial charge in [0.2, 0.25) is 0 Å². The molecular formula is C17H30N4O3S2. The second-order valence-corrected chi connectivity index (χ2v) is 9.96. The second-order valence-electron chi connectivity index (χ2n) is 6.63. The number of hydrogen-bond donors (Lipinski definition) is 2. The van der Waals surface area contributed by atoms with Crippen molar-refractivity contribution in [1.82, 2.24) is 14.9 Å². The Hall–Kier alpha value is -1.16. The molecule has 1 saturated heterocycles. The number of hydrogen-bond acceptors (Lipinski definition) is 5. The molecule has 0 saturated carbocycles. The number of nitrogens with one attached hydrogen (secondary N) is 2. The van der Waals surface area contributed by atoms with Gasteiger partial charge in [-0.1, -0.05) is 13.8 Å². The lowest BCUT2D eigenvalue weighted by Gasteiger charge is -2.25. The zero-order valence-electron chi connectivity index (χ0n) is 15.8. The molecule has 0 bridgehead atoms. The van der Waals surface area contributed by atoms with Gasteiger partial charge in [0.05, 0.1) is 19.8 Å². The summed E-state index contributed by atoms with van der Waals surface area (Å²) in [5.74, 6) is 1.43. The first-order chi connectivity index (χ1) is 12.4. The Labute approximate surface area is 160 Å². The quantitative estimate of drug-likeness (QED) is 0.394. The number of ether oxygens (including phenoxy) is 1. The molecule has 1 aromatic heterocycles. The first-order valence-corrected chi connectivity index (χ1v) is 11.3. The third-order valence-electron chi connectivity index (χ3n) is 4.11. The van der Waals surface area contributed by atoms with Crippen LogP contribution in [0.15, 0.2) is 21.3 Å². The van der Waals surface area contributed by atoms with Crippen LogP contribution in [0.1, 0.15) is 31.6 Å². The van der Waals surface area contributed by atoms with E-state index in [1.807, 2.05) is 6.07 Å². The van der Waals surface area contributed by atoms with E-state index >= 15 is 0 Å². The predicted molar refractivity (Wildman–Crippen MR) is 106 cm³/mol. The van der Waals surface area contributed by atoms with Crippen molar-refractivity contribution in [2.24, 2.45) is 10.9 Å². The molecule has 26 heavy (non-hydrogen) atoms. The van der Waals surface area contributed by atoms with Gasteiger partial charge in [0, 0.05) is 31.6 Å². The van der Waals surface area contributed by atoms with E-state index in [-0.39, 0.29) is 0 Å². The molecule has 0 aliphatic carbocycles. The van der Waals surface area contributed by atoms with Crippen LogP contribution in [0.25, 0.3) is 0 Å². The van der Waals surface area contributed by atoms with Crippen molar-refractivity contribution in [3.8, 4) is 0 Å². The number of nitrogens with zero attached hydrogens (tertiary/aromatic N) is 2. The molecular weight excluding hydrogens is 372 g/mol. The van der Waals surface area contributed by atoms with Crippen molar-refractivity contribution in [1.29, 1.82) is 0 Å². The zero-order chi connectivity index (χ0) is 19.0. The number of thiophene rings is 1. The molecule has 1 fully saturated rings. The summed E-state index contributed by atoms with van der Waals surface area (Å²) < 4.78 is 32.4. The smallest absolute Gasteiger partial charge is 0.252 e. The van der Waals surface area contributed by atoms with Crippen LogP contribution in [-0.2, 0) is 21.3 Å². The van der Waals surface area contributed by atoms with E-state index in [1.54, 1.807) is 13.1 Å². The standard InChI is InChI=1S/C17H30N4O3S2/c1-14(2)5-4-8-19-17(18-3)20-13-15-6-7-16(25-15)26(22,23)21-9-11-24-12-10-21/h6-7,14H,4-5,8-13H2,1-3H3,(H2,18,19,20). The molecule has 2 N–H and O–H groups in total. The van der Waals surface area contributed by atoms with Crippen LogP contribution in [0.4, 0.5) is 0 Å². The van der Waals surface area contributed by atoms with Gasteiger partial charge >= 0.3 is 0 Å². The maximum Gasteiger partial charge on any atom is 0.252 e. The fourth-order valence-electron chi connectivity index (χ4n) is 2.61. The number of morpholine rings is 1. The van der Waals surface area contributed by atoms with Crippen molar-refractivity contribution in [2.45, 2.75) is 37.4 Å². The SMILES string of the molecule is CN=C(NCCCC(C)C)NCc1ccc(S(=O)(=O)N2CCOCC2)s1. The summed E-state index contributed by atoms with van der Waals surface area (Å²) in [7, 11) is -1.68. The van der Waals surface area contributed by atoms with Crippen LogP contribution >= 0.6 is 11.3 Å². The third-order valence-corrected chi connectivity index (χ3v) is 7.56. The maximum absolute atomic E-state index is 12.6. The third kappa shape index (κ3) is 6.22. The molecule has 2 heterocycles. The maximum atomic E-state index is 12.6. The van der Waals surface area contributed by atoms with Crippen molar-refractivity contribution >= 4 is 27.3 Å². The summed E-state index contributed by atoms with van der Waals surface area (Å²) in [5, 5.41) is 6.53. The van der Waals surface area contributed by atoms with E-state index < -0.39 is 10.0 Å². The minimum Gasteiger partial charge on any atom is -0.379 e. The van der Waals surface area contributed by atoms with Gasteiger partial charge < -0.3 is 15.4 Å². The lowest BCUT2D eigenvalue weighted by molar-refractivity contribution is 0.0731. The second kappa shape index (κ2) is 10.2. The average Bonchev–Trinajstić information content (AvgIpc) is 3.11. The van der Waals surface area contributed by atoms with Gasteiger partial charge in [-0.05, 0) is 30.9 Å². The lowest BCUT2D eigenvalue weighted by Crippen LogP contribution is -2.40. The number of guanidine groups is 1. The van der Waals surface area contributed by atoms with Crippen molar-refractivity contribution in [3.63, 3.8) is 0 Å². The minimum absolute atomic E-state index is 0.385. The summed E-state index contributed by atoms with van der Waals surface area (Å²) in [6, 6.07) is 3.54. The summed E-state index contributed by atoms with van der Waals surface area (Å²) in [4.78, 5) is 5.17. The first-order valence-electron chi connectivity index (χ1n) is 9.04. The van der Waals surface area contributed by atoms with Crippen LogP contribution in [0.2, 0.25) is 0 Å². The largest absolute Gasteiger partial charge is 0.379 e. The lowest BCUT2D eigenvalue weighted by atomic mass is 10.1. The zero-order valence-corrected chi connectivity index (χ0v) is 17.5. The molecule has 0 aromatic carbocycles. The number of aliphatic imine (C=N–C) groups is 1. The van der Waals surface area contributed by atoms with E-state index in [0.29, 0.717) is 43.0 Å². The van der Waals surface area contributed by atoms with E-state index in [1.165, 1.54) is 22.1 Å². The highest BCUT2D eigenvalue weighted by Gasteiger charge is 2.27. The van der Waals surface area contributed by atoms with Crippen molar-refractivity contribution < 1.29 is 13.2 Å². The molecule has 0 spiro atoms. The Morgan fingerprint density at radius 2 is 2.04 bits per heavy atom. The van der Waals surface area contributed by atoms with E-state index in [9.17, 15) is 8.42 Å². The van der Waals surface area contributed by atoms with Crippen molar-refractivity contribution in [2.75, 3.05) is 39.9 Å². The van der Waals surface area contributed by atoms with Gasteiger partial charge in [0.1, 0.15) is 4.21 Å². The van der Waals surface area contributed by atoms with Gasteiger partial charge in [0.25, 0.3) is 10.0 Å². The predicted octanol–water partition coefficient (Wildman–Crippen LogP) is 1.87. The fraction of sp³-hybridized carbons (Fsp3) is 0.706. The van der Waals surface area contributed by atoms with Crippen molar-refractivity contribution in [3.05, 3.63) is 17.0 Å². The molecule has 1 aliphatic rings. The molecule has 0 radical (unpaired) electrons. The Kier molecular flexibility index (Phi) is 8.33. The monoisotopic (exact) mass is 402 g/mol.